The number of aryl methyl sites for hydroxylation is 2. The molecule has 0 aliphatic carbocycles. The summed E-state index contributed by atoms with van der Waals surface area (Å²) in [5, 5.41) is 2.32. The van der Waals surface area contributed by atoms with Gasteiger partial charge in [0.15, 0.2) is 0 Å². The van der Waals surface area contributed by atoms with Crippen molar-refractivity contribution >= 4 is 35.3 Å². The molecule has 0 radical (unpaired) electrons. The Hall–Kier alpha value is -3.41. The number of carbonyl (C=O) groups excluding carboxylic acids is 3. The Labute approximate surface area is 201 Å². The van der Waals surface area contributed by atoms with Crippen molar-refractivity contribution in [3.05, 3.63) is 64.2 Å². The number of amides is 4. The van der Waals surface area contributed by atoms with E-state index in [9.17, 15) is 14.4 Å². The second kappa shape index (κ2) is 8.42. The van der Waals surface area contributed by atoms with Crippen LogP contribution in [0.4, 0.5) is 16.2 Å². The molecule has 0 bridgehead atoms. The van der Waals surface area contributed by atoms with E-state index >= 15 is 0 Å². The highest BCUT2D eigenvalue weighted by Gasteiger charge is 2.39. The minimum absolute atomic E-state index is 0.0287. The number of imide groups is 2. The normalized spacial score (nSPS) is 21.2. The lowest BCUT2D eigenvalue weighted by Crippen LogP contribution is -2.54. The van der Waals surface area contributed by atoms with E-state index in [1.165, 1.54) is 11.3 Å². The molecular formula is C28H33N3O3. The second-order valence-corrected chi connectivity index (χ2v) is 10.4. The van der Waals surface area contributed by atoms with E-state index in [1.54, 1.807) is 24.3 Å². The summed E-state index contributed by atoms with van der Waals surface area (Å²) in [4.78, 5) is 42.0. The van der Waals surface area contributed by atoms with Crippen LogP contribution in [0.5, 0.6) is 0 Å². The zero-order valence-electron chi connectivity index (χ0n) is 21.0. The molecule has 2 aliphatic rings. The summed E-state index contributed by atoms with van der Waals surface area (Å²) in [6, 6.07) is 11.0. The molecule has 34 heavy (non-hydrogen) atoms. The molecule has 0 saturated carbocycles. The molecule has 2 heterocycles. The van der Waals surface area contributed by atoms with Gasteiger partial charge in [0.1, 0.15) is 5.57 Å². The molecule has 1 atom stereocenters. The lowest BCUT2D eigenvalue weighted by atomic mass is 9.78. The van der Waals surface area contributed by atoms with Crippen LogP contribution in [-0.4, -0.2) is 29.4 Å². The number of barbiturate groups is 1. The van der Waals surface area contributed by atoms with E-state index in [1.807, 2.05) is 19.9 Å². The first-order chi connectivity index (χ1) is 15.9. The van der Waals surface area contributed by atoms with Crippen molar-refractivity contribution < 1.29 is 14.4 Å². The monoisotopic (exact) mass is 459 g/mol. The average Bonchev–Trinajstić information content (AvgIpc) is 2.70. The van der Waals surface area contributed by atoms with Crippen LogP contribution in [0.1, 0.15) is 69.2 Å². The number of hydrogen-bond acceptors (Lipinski definition) is 4. The summed E-state index contributed by atoms with van der Waals surface area (Å²) in [7, 11) is 0. The van der Waals surface area contributed by atoms with Crippen molar-refractivity contribution in [2.45, 2.75) is 72.4 Å². The Morgan fingerprint density at radius 1 is 1.09 bits per heavy atom. The Balaban J connectivity index is 1.79. The number of urea groups is 1. The molecule has 6 nitrogen and oxygen atoms in total. The maximum absolute atomic E-state index is 13.3. The molecule has 1 unspecified atom stereocenters. The second-order valence-electron chi connectivity index (χ2n) is 10.4. The summed E-state index contributed by atoms with van der Waals surface area (Å²) in [5.41, 5.74) is 5.53. The van der Waals surface area contributed by atoms with Gasteiger partial charge in [0.2, 0.25) is 0 Å². The molecule has 178 valence electrons. The Kier molecular flexibility index (Phi) is 5.88. The van der Waals surface area contributed by atoms with Crippen LogP contribution in [0, 0.1) is 13.8 Å². The highest BCUT2D eigenvalue weighted by Crippen LogP contribution is 2.45. The summed E-state index contributed by atoms with van der Waals surface area (Å²) in [6.45, 7) is 15.1. The van der Waals surface area contributed by atoms with E-state index in [4.69, 9.17) is 0 Å². The van der Waals surface area contributed by atoms with E-state index in [0.717, 1.165) is 28.0 Å². The maximum Gasteiger partial charge on any atom is 0.335 e. The van der Waals surface area contributed by atoms with Gasteiger partial charge in [-0.3, -0.25) is 14.9 Å². The molecule has 4 amide bonds. The van der Waals surface area contributed by atoms with Gasteiger partial charge in [0.25, 0.3) is 11.8 Å². The van der Waals surface area contributed by atoms with Gasteiger partial charge >= 0.3 is 6.03 Å². The van der Waals surface area contributed by atoms with Gasteiger partial charge in [-0.25, -0.2) is 9.69 Å². The molecule has 0 spiro atoms. The molecule has 2 aromatic carbocycles. The van der Waals surface area contributed by atoms with E-state index < -0.39 is 17.8 Å². The number of anilines is 2. The molecule has 1 N–H and O–H groups in total. The molecule has 2 aliphatic heterocycles. The molecule has 1 fully saturated rings. The first-order valence-electron chi connectivity index (χ1n) is 11.8. The van der Waals surface area contributed by atoms with Crippen molar-refractivity contribution in [2.75, 3.05) is 9.80 Å². The number of nitrogens with zero attached hydrogens (tertiary/aromatic N) is 2. The Morgan fingerprint density at radius 2 is 1.79 bits per heavy atom. The summed E-state index contributed by atoms with van der Waals surface area (Å²) >= 11 is 0. The lowest BCUT2D eigenvalue weighted by molar-refractivity contribution is -0.122. The quantitative estimate of drug-likeness (QED) is 0.488. The molecule has 4 rings (SSSR count). The van der Waals surface area contributed by atoms with Crippen molar-refractivity contribution in [3.8, 4) is 0 Å². The standard InChI is InChI=1S/C28H33N3O3/c1-16(2)31-24-12-18(4)20(13-22(24)19(5)15-28(31,6)7)14-23-25(32)29-27(34)30(26(23)33)21-10-8-9-17(3)11-21/h8-14,16,19H,15H2,1-7H3,(H,29,32,34)/b23-14+. The predicted octanol–water partition coefficient (Wildman–Crippen LogP) is 5.47. The third kappa shape index (κ3) is 4.02. The fourth-order valence-electron chi connectivity index (χ4n) is 5.56. The maximum atomic E-state index is 13.3. The van der Waals surface area contributed by atoms with Crippen LogP contribution in [0.3, 0.4) is 0 Å². The van der Waals surface area contributed by atoms with Gasteiger partial charge in [-0.15, -0.1) is 0 Å². The predicted molar refractivity (Wildman–Crippen MR) is 136 cm³/mol. The van der Waals surface area contributed by atoms with Gasteiger partial charge < -0.3 is 4.90 Å². The number of fused-ring (bicyclic) bond motifs is 1. The smallest absolute Gasteiger partial charge is 0.335 e. The molecule has 0 aromatic heterocycles. The van der Waals surface area contributed by atoms with Crippen LogP contribution in [0.25, 0.3) is 6.08 Å². The Morgan fingerprint density at radius 3 is 2.44 bits per heavy atom. The molecule has 1 saturated heterocycles. The van der Waals surface area contributed by atoms with Gasteiger partial charge in [0, 0.05) is 17.3 Å². The number of nitrogens with one attached hydrogen (secondary N) is 1. The number of rotatable bonds is 3. The highest BCUT2D eigenvalue weighted by molar-refractivity contribution is 6.39. The zero-order chi connectivity index (χ0) is 24.9. The fourth-order valence-corrected chi connectivity index (χ4v) is 5.56. The van der Waals surface area contributed by atoms with Crippen LogP contribution >= 0.6 is 0 Å². The topological polar surface area (TPSA) is 69.7 Å². The SMILES string of the molecule is Cc1cccc(N2C(=O)NC(=O)/C(=C\c3cc4c(cc3C)N(C(C)C)C(C)(C)CC4C)C2=O)c1. The summed E-state index contributed by atoms with van der Waals surface area (Å²) < 4.78 is 0. The minimum atomic E-state index is -0.733. The largest absolute Gasteiger partial charge is 0.364 e. The van der Waals surface area contributed by atoms with Crippen LogP contribution in [-0.2, 0) is 9.59 Å². The molecule has 2 aromatic rings. The fraction of sp³-hybridized carbons (Fsp3) is 0.393. The van der Waals surface area contributed by atoms with Crippen molar-refractivity contribution in [3.63, 3.8) is 0 Å². The minimum Gasteiger partial charge on any atom is -0.364 e. The van der Waals surface area contributed by atoms with Gasteiger partial charge in [-0.05, 0) is 106 Å². The van der Waals surface area contributed by atoms with Crippen molar-refractivity contribution in [2.24, 2.45) is 0 Å². The number of benzene rings is 2. The number of hydrogen-bond donors (Lipinski definition) is 1. The van der Waals surface area contributed by atoms with Crippen LogP contribution in [0.15, 0.2) is 42.0 Å². The number of carbonyl (C=O) groups is 3. The summed E-state index contributed by atoms with van der Waals surface area (Å²) in [5.74, 6) is -0.956. The zero-order valence-corrected chi connectivity index (χ0v) is 21.0. The Bertz CT molecular complexity index is 1230. The van der Waals surface area contributed by atoms with Crippen LogP contribution in [0.2, 0.25) is 0 Å². The van der Waals surface area contributed by atoms with E-state index in [-0.39, 0.29) is 11.1 Å². The highest BCUT2D eigenvalue weighted by atomic mass is 16.2. The van der Waals surface area contributed by atoms with E-state index in [2.05, 4.69) is 57.0 Å². The van der Waals surface area contributed by atoms with Gasteiger partial charge in [0.05, 0.1) is 5.69 Å². The first-order valence-corrected chi connectivity index (χ1v) is 11.8. The van der Waals surface area contributed by atoms with Gasteiger partial charge in [-0.1, -0.05) is 19.1 Å². The first kappa shape index (κ1) is 23.7. The van der Waals surface area contributed by atoms with Gasteiger partial charge in [-0.2, -0.15) is 0 Å². The van der Waals surface area contributed by atoms with E-state index in [0.29, 0.717) is 17.6 Å². The average molecular weight is 460 g/mol. The molecule has 6 heteroatoms. The third-order valence-electron chi connectivity index (χ3n) is 6.84. The lowest BCUT2D eigenvalue weighted by Gasteiger charge is -2.50. The van der Waals surface area contributed by atoms with Crippen LogP contribution < -0.4 is 15.1 Å². The summed E-state index contributed by atoms with van der Waals surface area (Å²) in [6.07, 6.45) is 2.63. The van der Waals surface area contributed by atoms with Crippen molar-refractivity contribution in [1.29, 1.82) is 0 Å². The van der Waals surface area contributed by atoms with Crippen molar-refractivity contribution in [1.82, 2.24) is 5.32 Å². The molecular weight excluding hydrogens is 426 g/mol. The third-order valence-corrected chi connectivity index (χ3v) is 6.84.